The van der Waals surface area contributed by atoms with E-state index < -0.39 is 11.4 Å². The number of hydrogen-bond acceptors (Lipinski definition) is 9. The van der Waals surface area contributed by atoms with Gasteiger partial charge in [-0.05, 0) is 35.9 Å². The fraction of sp³-hybridized carbons (Fsp3) is 0.280. The summed E-state index contributed by atoms with van der Waals surface area (Å²) in [6, 6.07) is 12.0. The maximum atomic E-state index is 14.1. The van der Waals surface area contributed by atoms with Gasteiger partial charge in [-0.2, -0.15) is 0 Å². The van der Waals surface area contributed by atoms with Crippen LogP contribution in [0.25, 0.3) is 11.6 Å². The molecule has 0 bridgehead atoms. The lowest BCUT2D eigenvalue weighted by atomic mass is 9.82. The third-order valence-electron chi connectivity index (χ3n) is 6.48. The van der Waals surface area contributed by atoms with Crippen molar-refractivity contribution in [3.8, 4) is 17.3 Å². The summed E-state index contributed by atoms with van der Waals surface area (Å²) in [5.74, 6) is 1.10. The molecule has 176 valence electrons. The number of piperidine rings is 1. The summed E-state index contributed by atoms with van der Waals surface area (Å²) < 4.78 is 26.0. The van der Waals surface area contributed by atoms with Crippen LogP contribution in [0.4, 0.5) is 10.2 Å². The molecule has 35 heavy (non-hydrogen) atoms. The van der Waals surface area contributed by atoms with E-state index in [0.29, 0.717) is 61.4 Å². The molecule has 0 amide bonds. The van der Waals surface area contributed by atoms with Crippen LogP contribution in [0.3, 0.4) is 0 Å². The molecule has 1 saturated heterocycles. The number of aromatic nitrogens is 5. The Kier molecular flexibility index (Phi) is 5.20. The minimum atomic E-state index is -0.615. The SMILES string of the molecule is O=C1CC2(CCN(c3ccc(-c4nnc(Cc5cccnc5)o4)nn3)CC2)Oc2cccc(F)c21. The molecule has 0 radical (unpaired) electrons. The quantitative estimate of drug-likeness (QED) is 0.440. The largest absolute Gasteiger partial charge is 0.486 e. The van der Waals surface area contributed by atoms with Gasteiger partial charge in [0.15, 0.2) is 11.6 Å². The number of carbonyl (C=O) groups excluding carboxylic acids is 1. The smallest absolute Gasteiger partial charge is 0.268 e. The van der Waals surface area contributed by atoms with Crippen molar-refractivity contribution in [2.75, 3.05) is 18.0 Å². The number of halogens is 1. The Morgan fingerprint density at radius 1 is 1.00 bits per heavy atom. The zero-order chi connectivity index (χ0) is 23.8. The van der Waals surface area contributed by atoms with Crippen LogP contribution in [0.2, 0.25) is 0 Å². The molecule has 6 rings (SSSR count). The van der Waals surface area contributed by atoms with Crippen molar-refractivity contribution >= 4 is 11.6 Å². The first-order chi connectivity index (χ1) is 17.1. The van der Waals surface area contributed by atoms with Crippen molar-refractivity contribution in [3.05, 3.63) is 77.7 Å². The lowest BCUT2D eigenvalue weighted by molar-refractivity contribution is 0.0223. The Morgan fingerprint density at radius 2 is 1.89 bits per heavy atom. The summed E-state index contributed by atoms with van der Waals surface area (Å²) in [4.78, 5) is 18.8. The second-order valence-corrected chi connectivity index (χ2v) is 8.80. The van der Waals surface area contributed by atoms with Crippen LogP contribution in [0.15, 0.2) is 59.3 Å². The second kappa shape index (κ2) is 8.53. The molecule has 0 atom stereocenters. The van der Waals surface area contributed by atoms with Gasteiger partial charge in [0.05, 0.1) is 18.4 Å². The molecule has 9 nitrogen and oxygen atoms in total. The Labute approximate surface area is 200 Å². The van der Waals surface area contributed by atoms with E-state index >= 15 is 0 Å². The zero-order valence-electron chi connectivity index (χ0n) is 18.7. The number of benzene rings is 1. The molecular weight excluding hydrogens is 451 g/mol. The van der Waals surface area contributed by atoms with E-state index in [1.807, 2.05) is 18.2 Å². The van der Waals surface area contributed by atoms with E-state index in [9.17, 15) is 9.18 Å². The van der Waals surface area contributed by atoms with Crippen molar-refractivity contribution in [1.82, 2.24) is 25.4 Å². The van der Waals surface area contributed by atoms with Crippen molar-refractivity contribution in [2.45, 2.75) is 31.3 Å². The highest BCUT2D eigenvalue weighted by Crippen LogP contribution is 2.40. The maximum absolute atomic E-state index is 14.1. The summed E-state index contributed by atoms with van der Waals surface area (Å²) in [6.07, 6.45) is 5.39. The first kappa shape index (κ1) is 21.3. The Hall–Kier alpha value is -4.21. The van der Waals surface area contributed by atoms with Gasteiger partial charge < -0.3 is 14.1 Å². The predicted molar refractivity (Wildman–Crippen MR) is 123 cm³/mol. The van der Waals surface area contributed by atoms with E-state index in [2.05, 4.69) is 30.3 Å². The normalized spacial score (nSPS) is 16.7. The maximum Gasteiger partial charge on any atom is 0.268 e. The molecule has 2 aliphatic heterocycles. The minimum absolute atomic E-state index is 0.0617. The summed E-state index contributed by atoms with van der Waals surface area (Å²) in [5.41, 5.74) is 0.916. The van der Waals surface area contributed by atoms with Gasteiger partial charge in [-0.3, -0.25) is 9.78 Å². The highest BCUT2D eigenvalue weighted by atomic mass is 19.1. The molecule has 1 aromatic carbocycles. The third-order valence-corrected chi connectivity index (χ3v) is 6.48. The second-order valence-electron chi connectivity index (χ2n) is 8.80. The zero-order valence-corrected chi connectivity index (χ0v) is 18.7. The Bertz CT molecular complexity index is 1370. The molecule has 0 N–H and O–H groups in total. The minimum Gasteiger partial charge on any atom is -0.486 e. The number of pyridine rings is 1. The number of ketones is 1. The average Bonchev–Trinajstić information content (AvgIpc) is 3.33. The van der Waals surface area contributed by atoms with E-state index in [-0.39, 0.29) is 17.8 Å². The van der Waals surface area contributed by atoms with E-state index in [0.717, 1.165) is 5.56 Å². The molecule has 0 unspecified atom stereocenters. The van der Waals surface area contributed by atoms with Gasteiger partial charge in [-0.25, -0.2) is 4.39 Å². The van der Waals surface area contributed by atoms with Crippen molar-refractivity contribution in [3.63, 3.8) is 0 Å². The van der Waals surface area contributed by atoms with Gasteiger partial charge >= 0.3 is 0 Å². The first-order valence-electron chi connectivity index (χ1n) is 11.4. The highest BCUT2D eigenvalue weighted by Gasteiger charge is 2.44. The Balaban J connectivity index is 1.11. The summed E-state index contributed by atoms with van der Waals surface area (Å²) in [5, 5.41) is 16.8. The van der Waals surface area contributed by atoms with Crippen LogP contribution >= 0.6 is 0 Å². The molecular formula is C25H21FN6O3. The number of ether oxygens (including phenoxy) is 1. The summed E-state index contributed by atoms with van der Waals surface area (Å²) in [7, 11) is 0. The molecule has 0 saturated carbocycles. The van der Waals surface area contributed by atoms with E-state index in [1.165, 1.54) is 6.07 Å². The molecule has 3 aromatic heterocycles. The lowest BCUT2D eigenvalue weighted by Gasteiger charge is -2.44. The van der Waals surface area contributed by atoms with Gasteiger partial charge in [0.25, 0.3) is 5.89 Å². The van der Waals surface area contributed by atoms with Crippen molar-refractivity contribution in [1.29, 1.82) is 0 Å². The standard InChI is InChI=1S/C25H21FN6O3/c26-17-4-1-5-20-23(17)19(33)14-25(35-20)8-11-32(12-9-25)21-7-6-18(28-29-21)24-31-30-22(34-24)13-16-3-2-10-27-15-16/h1-7,10,15H,8-9,11-14H2. The van der Waals surface area contributed by atoms with Crippen LogP contribution in [-0.4, -0.2) is 49.9 Å². The van der Waals surface area contributed by atoms with Crippen LogP contribution in [-0.2, 0) is 6.42 Å². The number of anilines is 1. The van der Waals surface area contributed by atoms with Gasteiger partial charge in [0.1, 0.15) is 22.9 Å². The first-order valence-corrected chi connectivity index (χ1v) is 11.4. The summed E-state index contributed by atoms with van der Waals surface area (Å²) in [6.45, 7) is 1.28. The van der Waals surface area contributed by atoms with Gasteiger partial charge in [-0.15, -0.1) is 20.4 Å². The molecule has 5 heterocycles. The van der Waals surface area contributed by atoms with E-state index in [1.54, 1.807) is 30.6 Å². The molecule has 1 fully saturated rings. The van der Waals surface area contributed by atoms with Crippen LogP contribution in [0, 0.1) is 5.82 Å². The van der Waals surface area contributed by atoms with Crippen molar-refractivity contribution < 1.29 is 18.3 Å². The van der Waals surface area contributed by atoms with Gasteiger partial charge in [-0.1, -0.05) is 12.1 Å². The fourth-order valence-electron chi connectivity index (χ4n) is 4.65. The fourth-order valence-corrected chi connectivity index (χ4v) is 4.65. The number of nitrogens with zero attached hydrogens (tertiary/aromatic N) is 6. The molecule has 4 aromatic rings. The summed E-state index contributed by atoms with van der Waals surface area (Å²) >= 11 is 0. The van der Waals surface area contributed by atoms with Crippen LogP contribution in [0.5, 0.6) is 5.75 Å². The topological polar surface area (TPSA) is 107 Å². The molecule has 1 spiro atoms. The number of carbonyl (C=O) groups is 1. The van der Waals surface area contributed by atoms with Gasteiger partial charge in [0.2, 0.25) is 5.89 Å². The molecule has 10 heteroatoms. The molecule has 2 aliphatic rings. The third kappa shape index (κ3) is 4.11. The van der Waals surface area contributed by atoms with Gasteiger partial charge in [0, 0.05) is 38.3 Å². The lowest BCUT2D eigenvalue weighted by Crippen LogP contribution is -2.51. The Morgan fingerprint density at radius 3 is 2.66 bits per heavy atom. The average molecular weight is 472 g/mol. The number of rotatable bonds is 4. The number of hydrogen-bond donors (Lipinski definition) is 0. The number of fused-ring (bicyclic) bond motifs is 1. The van der Waals surface area contributed by atoms with Crippen molar-refractivity contribution in [2.24, 2.45) is 0 Å². The monoisotopic (exact) mass is 472 g/mol. The highest BCUT2D eigenvalue weighted by molar-refractivity contribution is 6.00. The van der Waals surface area contributed by atoms with Crippen LogP contribution in [0.1, 0.15) is 41.1 Å². The van der Waals surface area contributed by atoms with E-state index in [4.69, 9.17) is 9.15 Å². The number of Topliss-reactive ketones (excluding diaryl/α,β-unsaturated/α-hetero) is 1. The van der Waals surface area contributed by atoms with Crippen LogP contribution < -0.4 is 9.64 Å². The molecule has 0 aliphatic carbocycles. The predicted octanol–water partition coefficient (Wildman–Crippen LogP) is 3.66.